The van der Waals surface area contributed by atoms with Crippen LogP contribution in [0.5, 0.6) is 0 Å². The van der Waals surface area contributed by atoms with Gasteiger partial charge < -0.3 is 4.74 Å². The highest BCUT2D eigenvalue weighted by molar-refractivity contribution is 7.89. The van der Waals surface area contributed by atoms with Crippen LogP contribution < -0.4 is 4.72 Å². The highest BCUT2D eigenvalue weighted by atomic mass is 32.2. The lowest BCUT2D eigenvalue weighted by atomic mass is 10.0. The SMILES string of the molecule is CC(C)C(CNS(=O)(=O)c1ccc(F)cc1F)N1CCOCC1. The molecule has 130 valence electrons. The fourth-order valence-corrected chi connectivity index (χ4v) is 3.77. The van der Waals surface area contributed by atoms with Gasteiger partial charge in [0.25, 0.3) is 0 Å². The van der Waals surface area contributed by atoms with Crippen LogP contribution in [0.1, 0.15) is 13.8 Å². The summed E-state index contributed by atoms with van der Waals surface area (Å²) < 4.78 is 58.9. The van der Waals surface area contributed by atoms with Gasteiger partial charge in [-0.2, -0.15) is 0 Å². The molecule has 1 fully saturated rings. The number of morpholine rings is 1. The maximum absolute atomic E-state index is 13.7. The Morgan fingerprint density at radius 3 is 2.48 bits per heavy atom. The van der Waals surface area contributed by atoms with E-state index in [1.165, 1.54) is 0 Å². The fraction of sp³-hybridized carbons (Fsp3) is 0.600. The molecule has 1 unspecified atom stereocenters. The number of sulfonamides is 1. The van der Waals surface area contributed by atoms with Crippen LogP contribution in [0.25, 0.3) is 0 Å². The van der Waals surface area contributed by atoms with Crippen LogP contribution in [0, 0.1) is 17.6 Å². The highest BCUT2D eigenvalue weighted by Crippen LogP contribution is 2.17. The Morgan fingerprint density at radius 2 is 1.91 bits per heavy atom. The average Bonchev–Trinajstić information content (AvgIpc) is 2.47. The third kappa shape index (κ3) is 4.69. The summed E-state index contributed by atoms with van der Waals surface area (Å²) in [4.78, 5) is 1.63. The predicted molar refractivity (Wildman–Crippen MR) is 82.6 cm³/mol. The summed E-state index contributed by atoms with van der Waals surface area (Å²) in [6.07, 6.45) is 0. The quantitative estimate of drug-likeness (QED) is 0.848. The standard InChI is InChI=1S/C15H22F2N2O3S/c1-11(2)14(19-5-7-22-8-6-19)10-18-23(20,21)15-4-3-12(16)9-13(15)17/h3-4,9,11,14,18H,5-8,10H2,1-2H3. The van der Waals surface area contributed by atoms with Gasteiger partial charge in [-0.25, -0.2) is 21.9 Å². The zero-order valence-corrected chi connectivity index (χ0v) is 14.1. The van der Waals surface area contributed by atoms with E-state index in [0.29, 0.717) is 19.3 Å². The van der Waals surface area contributed by atoms with Gasteiger partial charge in [0, 0.05) is 31.7 Å². The maximum atomic E-state index is 13.7. The van der Waals surface area contributed by atoms with Gasteiger partial charge in [0.2, 0.25) is 10.0 Å². The molecule has 0 saturated carbocycles. The molecule has 1 aromatic carbocycles. The topological polar surface area (TPSA) is 58.6 Å². The predicted octanol–water partition coefficient (Wildman–Crippen LogP) is 1.60. The van der Waals surface area contributed by atoms with Crippen LogP contribution in [0.3, 0.4) is 0 Å². The van der Waals surface area contributed by atoms with E-state index in [1.54, 1.807) is 0 Å². The van der Waals surface area contributed by atoms with Crippen molar-refractivity contribution in [3.8, 4) is 0 Å². The van der Waals surface area contributed by atoms with Crippen molar-refractivity contribution >= 4 is 10.0 Å². The summed E-state index contributed by atoms with van der Waals surface area (Å²) in [6, 6.07) is 2.42. The van der Waals surface area contributed by atoms with Gasteiger partial charge >= 0.3 is 0 Å². The first-order valence-electron chi connectivity index (χ1n) is 7.58. The Labute approximate surface area is 135 Å². The molecule has 0 spiro atoms. The molecule has 1 N–H and O–H groups in total. The maximum Gasteiger partial charge on any atom is 0.243 e. The van der Waals surface area contributed by atoms with Gasteiger partial charge in [0.1, 0.15) is 16.5 Å². The summed E-state index contributed by atoms with van der Waals surface area (Å²) >= 11 is 0. The van der Waals surface area contributed by atoms with Crippen molar-refractivity contribution in [1.29, 1.82) is 0 Å². The molecule has 5 nitrogen and oxygen atoms in total. The van der Waals surface area contributed by atoms with Gasteiger partial charge in [-0.1, -0.05) is 13.8 Å². The minimum atomic E-state index is -4.02. The van der Waals surface area contributed by atoms with Crippen molar-refractivity contribution in [2.24, 2.45) is 5.92 Å². The van der Waals surface area contributed by atoms with E-state index < -0.39 is 26.6 Å². The van der Waals surface area contributed by atoms with Crippen LogP contribution >= 0.6 is 0 Å². The minimum Gasteiger partial charge on any atom is -0.379 e. The fourth-order valence-electron chi connectivity index (χ4n) is 2.66. The first-order valence-corrected chi connectivity index (χ1v) is 9.06. The lowest BCUT2D eigenvalue weighted by molar-refractivity contribution is 0.00776. The molecule has 0 aromatic heterocycles. The zero-order valence-electron chi connectivity index (χ0n) is 13.3. The third-order valence-electron chi connectivity index (χ3n) is 3.95. The molecule has 2 rings (SSSR count). The monoisotopic (exact) mass is 348 g/mol. The first-order chi connectivity index (χ1) is 10.8. The summed E-state index contributed by atoms with van der Waals surface area (Å²) in [6.45, 7) is 6.87. The van der Waals surface area contributed by atoms with Crippen molar-refractivity contribution in [2.75, 3.05) is 32.8 Å². The van der Waals surface area contributed by atoms with E-state index >= 15 is 0 Å². The van der Waals surface area contributed by atoms with Gasteiger partial charge in [-0.3, -0.25) is 4.90 Å². The van der Waals surface area contributed by atoms with Crippen molar-refractivity contribution in [3.63, 3.8) is 0 Å². The molecule has 1 aliphatic rings. The molecular weight excluding hydrogens is 326 g/mol. The van der Waals surface area contributed by atoms with Crippen molar-refractivity contribution < 1.29 is 21.9 Å². The smallest absolute Gasteiger partial charge is 0.243 e. The number of nitrogens with one attached hydrogen (secondary N) is 1. The van der Waals surface area contributed by atoms with Crippen LogP contribution in [0.2, 0.25) is 0 Å². The number of hydrogen-bond acceptors (Lipinski definition) is 4. The molecule has 0 aliphatic carbocycles. The Morgan fingerprint density at radius 1 is 1.26 bits per heavy atom. The summed E-state index contributed by atoms with van der Waals surface area (Å²) in [5.41, 5.74) is 0. The van der Waals surface area contributed by atoms with Crippen molar-refractivity contribution in [3.05, 3.63) is 29.8 Å². The molecule has 0 bridgehead atoms. The number of halogens is 2. The van der Waals surface area contributed by atoms with Gasteiger partial charge in [-0.15, -0.1) is 0 Å². The normalized spacial score (nSPS) is 18.3. The van der Waals surface area contributed by atoms with Crippen LogP contribution in [-0.4, -0.2) is 52.2 Å². The zero-order chi connectivity index (χ0) is 17.0. The summed E-state index contributed by atoms with van der Waals surface area (Å²) in [5.74, 6) is -1.69. The second-order valence-electron chi connectivity index (χ2n) is 5.89. The highest BCUT2D eigenvalue weighted by Gasteiger charge is 2.27. The lowest BCUT2D eigenvalue weighted by Gasteiger charge is -2.36. The molecule has 1 saturated heterocycles. The first kappa shape index (κ1) is 18.3. The second kappa shape index (κ2) is 7.65. The van der Waals surface area contributed by atoms with E-state index in [-0.39, 0.29) is 18.5 Å². The number of hydrogen-bond donors (Lipinski definition) is 1. The molecule has 0 radical (unpaired) electrons. The van der Waals surface area contributed by atoms with Crippen molar-refractivity contribution in [2.45, 2.75) is 24.8 Å². The largest absolute Gasteiger partial charge is 0.379 e. The van der Waals surface area contributed by atoms with Gasteiger partial charge in [0.05, 0.1) is 13.2 Å². The molecule has 0 amide bonds. The Bertz CT molecular complexity index is 632. The molecular formula is C15H22F2N2O3S. The number of rotatable bonds is 6. The molecule has 1 atom stereocenters. The van der Waals surface area contributed by atoms with E-state index in [0.717, 1.165) is 25.2 Å². The number of ether oxygens (including phenoxy) is 1. The van der Waals surface area contributed by atoms with E-state index in [1.807, 2.05) is 13.8 Å². The molecule has 1 aromatic rings. The van der Waals surface area contributed by atoms with Crippen LogP contribution in [-0.2, 0) is 14.8 Å². The van der Waals surface area contributed by atoms with Crippen LogP contribution in [0.4, 0.5) is 8.78 Å². The Balaban J connectivity index is 2.09. The molecule has 1 heterocycles. The molecule has 8 heteroatoms. The molecule has 1 aliphatic heterocycles. The van der Waals surface area contributed by atoms with E-state index in [2.05, 4.69) is 9.62 Å². The van der Waals surface area contributed by atoms with Crippen LogP contribution in [0.15, 0.2) is 23.1 Å². The third-order valence-corrected chi connectivity index (χ3v) is 5.41. The lowest BCUT2D eigenvalue weighted by Crippen LogP contribution is -2.51. The van der Waals surface area contributed by atoms with Gasteiger partial charge in [0.15, 0.2) is 0 Å². The van der Waals surface area contributed by atoms with E-state index in [4.69, 9.17) is 4.74 Å². The number of benzene rings is 1. The van der Waals surface area contributed by atoms with Crippen molar-refractivity contribution in [1.82, 2.24) is 9.62 Å². The average molecular weight is 348 g/mol. The molecule has 23 heavy (non-hydrogen) atoms. The Hall–Kier alpha value is -1.09. The second-order valence-corrected chi connectivity index (χ2v) is 7.62. The Kier molecular flexibility index (Phi) is 6.07. The van der Waals surface area contributed by atoms with E-state index in [9.17, 15) is 17.2 Å². The summed E-state index contributed by atoms with van der Waals surface area (Å²) in [5, 5.41) is 0. The van der Waals surface area contributed by atoms with Gasteiger partial charge in [-0.05, 0) is 18.1 Å². The summed E-state index contributed by atoms with van der Waals surface area (Å²) in [7, 11) is -4.02. The minimum absolute atomic E-state index is 0.0165. The number of nitrogens with zero attached hydrogens (tertiary/aromatic N) is 1.